The molecule has 0 amide bonds. The highest BCUT2D eigenvalue weighted by Crippen LogP contribution is 2.13. The summed E-state index contributed by atoms with van der Waals surface area (Å²) in [6.07, 6.45) is 0.000384. The molecule has 1 aromatic rings. The highest BCUT2D eigenvalue weighted by atomic mass is 16.5. The molecule has 0 aliphatic carbocycles. The molecule has 0 N–H and O–H groups in total. The maximum Gasteiger partial charge on any atom is 0.234 e. The fourth-order valence-corrected chi connectivity index (χ4v) is 1.18. The predicted octanol–water partition coefficient (Wildman–Crippen LogP) is 1.93. The van der Waals surface area contributed by atoms with Gasteiger partial charge in [0.05, 0.1) is 6.42 Å². The molecular formula is C11H18N2O3. The molecule has 5 nitrogen and oxygen atoms in total. The molecule has 0 radical (unpaired) electrons. The van der Waals surface area contributed by atoms with Crippen LogP contribution in [0.5, 0.6) is 0 Å². The van der Waals surface area contributed by atoms with Crippen LogP contribution in [0.4, 0.5) is 0 Å². The van der Waals surface area contributed by atoms with Crippen molar-refractivity contribution in [3.63, 3.8) is 0 Å². The number of hydrogen-bond acceptors (Lipinski definition) is 5. The Bertz CT molecular complexity index is 347. The molecule has 1 rings (SSSR count). The minimum absolute atomic E-state index is 0.0142. The van der Waals surface area contributed by atoms with Gasteiger partial charge in [-0.1, -0.05) is 19.0 Å². The lowest BCUT2D eigenvalue weighted by Crippen LogP contribution is -2.10. The molecule has 0 saturated heterocycles. The lowest BCUT2D eigenvalue weighted by molar-refractivity contribution is -0.121. The predicted molar refractivity (Wildman–Crippen MR) is 57.9 cm³/mol. The van der Waals surface area contributed by atoms with E-state index >= 15 is 0 Å². The number of ether oxygens (including phenoxy) is 1. The Morgan fingerprint density at radius 2 is 2.12 bits per heavy atom. The second-order valence-corrected chi connectivity index (χ2v) is 3.94. The molecule has 0 spiro atoms. The second kappa shape index (κ2) is 5.75. The number of nitrogens with zero attached hydrogens (tertiary/aromatic N) is 2. The van der Waals surface area contributed by atoms with E-state index in [0.717, 1.165) is 0 Å². The first-order valence-corrected chi connectivity index (χ1v) is 5.51. The number of aromatic nitrogens is 2. The number of hydrogen-bond donors (Lipinski definition) is 0. The maximum absolute atomic E-state index is 11.5. The second-order valence-electron chi connectivity index (χ2n) is 3.94. The summed E-state index contributed by atoms with van der Waals surface area (Å²) in [5.41, 5.74) is 0. The van der Waals surface area contributed by atoms with Crippen LogP contribution in [0.1, 0.15) is 45.5 Å². The number of rotatable bonds is 6. The first-order chi connectivity index (χ1) is 7.54. The van der Waals surface area contributed by atoms with Crippen molar-refractivity contribution in [3.8, 4) is 0 Å². The molecule has 0 fully saturated rings. The van der Waals surface area contributed by atoms with Crippen molar-refractivity contribution in [2.24, 2.45) is 5.92 Å². The van der Waals surface area contributed by atoms with Crippen LogP contribution in [-0.2, 0) is 16.0 Å². The van der Waals surface area contributed by atoms with Crippen LogP contribution in [0.3, 0.4) is 0 Å². The Labute approximate surface area is 95.2 Å². The summed E-state index contributed by atoms with van der Waals surface area (Å²) in [5.74, 6) is 0.938. The first-order valence-electron chi connectivity index (χ1n) is 5.51. The molecule has 0 aliphatic heterocycles. The van der Waals surface area contributed by atoms with Gasteiger partial charge < -0.3 is 9.26 Å². The Kier molecular flexibility index (Phi) is 4.61. The Morgan fingerprint density at radius 3 is 2.69 bits per heavy atom. The van der Waals surface area contributed by atoms with E-state index in [1.807, 2.05) is 27.7 Å². The summed E-state index contributed by atoms with van der Waals surface area (Å²) in [6, 6.07) is 0. The van der Waals surface area contributed by atoms with Crippen LogP contribution in [0, 0.1) is 5.92 Å². The summed E-state index contributed by atoms with van der Waals surface area (Å²) >= 11 is 0. The van der Waals surface area contributed by atoms with Crippen LogP contribution in [0.15, 0.2) is 4.52 Å². The van der Waals surface area contributed by atoms with E-state index in [9.17, 15) is 4.79 Å². The minimum atomic E-state index is -0.198. The van der Waals surface area contributed by atoms with E-state index in [4.69, 9.17) is 9.26 Å². The zero-order valence-electron chi connectivity index (χ0n) is 10.2. The zero-order valence-corrected chi connectivity index (χ0v) is 10.2. The number of carbonyl (C=O) groups is 1. The molecule has 0 aromatic carbocycles. The number of Topliss-reactive ketones (excluding diaryl/α,β-unsaturated/α-hetero) is 1. The minimum Gasteiger partial charge on any atom is -0.371 e. The van der Waals surface area contributed by atoms with Gasteiger partial charge in [0.1, 0.15) is 11.9 Å². The standard InChI is InChI=1S/C11H18N2O3/c1-5-15-8(4)11-12-10(16-13-11)6-9(14)7(2)3/h7-8H,5-6H2,1-4H3. The van der Waals surface area contributed by atoms with Crippen molar-refractivity contribution < 1.29 is 14.1 Å². The third-order valence-electron chi connectivity index (χ3n) is 2.23. The fraction of sp³-hybridized carbons (Fsp3) is 0.727. The van der Waals surface area contributed by atoms with Crippen LogP contribution in [-0.4, -0.2) is 22.5 Å². The molecule has 90 valence electrons. The van der Waals surface area contributed by atoms with Crippen LogP contribution in [0.2, 0.25) is 0 Å². The van der Waals surface area contributed by atoms with Gasteiger partial charge in [0.25, 0.3) is 0 Å². The van der Waals surface area contributed by atoms with Gasteiger partial charge in [-0.3, -0.25) is 4.79 Å². The highest BCUT2D eigenvalue weighted by molar-refractivity contribution is 5.81. The number of ketones is 1. The average molecular weight is 226 g/mol. The molecule has 1 heterocycles. The summed E-state index contributed by atoms with van der Waals surface area (Å²) < 4.78 is 10.3. The van der Waals surface area contributed by atoms with Crippen molar-refractivity contribution in [2.45, 2.75) is 40.2 Å². The molecule has 16 heavy (non-hydrogen) atoms. The van der Waals surface area contributed by atoms with E-state index in [2.05, 4.69) is 10.1 Å². The van der Waals surface area contributed by atoms with Crippen molar-refractivity contribution in [2.75, 3.05) is 6.61 Å². The van der Waals surface area contributed by atoms with E-state index < -0.39 is 0 Å². The topological polar surface area (TPSA) is 65.2 Å². The molecular weight excluding hydrogens is 208 g/mol. The third-order valence-corrected chi connectivity index (χ3v) is 2.23. The average Bonchev–Trinajstić information content (AvgIpc) is 2.66. The monoisotopic (exact) mass is 226 g/mol. The van der Waals surface area contributed by atoms with Crippen molar-refractivity contribution in [1.82, 2.24) is 10.1 Å². The van der Waals surface area contributed by atoms with Gasteiger partial charge in [-0.15, -0.1) is 0 Å². The van der Waals surface area contributed by atoms with E-state index in [1.165, 1.54) is 0 Å². The largest absolute Gasteiger partial charge is 0.371 e. The highest BCUT2D eigenvalue weighted by Gasteiger charge is 2.17. The quantitative estimate of drug-likeness (QED) is 0.741. The van der Waals surface area contributed by atoms with Crippen molar-refractivity contribution >= 4 is 5.78 Å². The summed E-state index contributed by atoms with van der Waals surface area (Å²) in [7, 11) is 0. The van der Waals surface area contributed by atoms with E-state index in [1.54, 1.807) is 0 Å². The fourth-order valence-electron chi connectivity index (χ4n) is 1.18. The van der Waals surface area contributed by atoms with Gasteiger partial charge in [0, 0.05) is 12.5 Å². The van der Waals surface area contributed by atoms with Crippen molar-refractivity contribution in [1.29, 1.82) is 0 Å². The van der Waals surface area contributed by atoms with Crippen LogP contribution in [0.25, 0.3) is 0 Å². The normalized spacial score (nSPS) is 13.1. The Hall–Kier alpha value is -1.23. The van der Waals surface area contributed by atoms with Crippen LogP contribution < -0.4 is 0 Å². The molecule has 0 bridgehead atoms. The van der Waals surface area contributed by atoms with Gasteiger partial charge >= 0.3 is 0 Å². The summed E-state index contributed by atoms with van der Waals surface area (Å²) in [4.78, 5) is 15.6. The van der Waals surface area contributed by atoms with Gasteiger partial charge in [-0.25, -0.2) is 0 Å². The maximum atomic E-state index is 11.5. The van der Waals surface area contributed by atoms with Crippen LogP contribution >= 0.6 is 0 Å². The number of carbonyl (C=O) groups excluding carboxylic acids is 1. The molecule has 5 heteroatoms. The van der Waals surface area contributed by atoms with Gasteiger partial charge in [0.15, 0.2) is 5.82 Å². The smallest absolute Gasteiger partial charge is 0.234 e. The summed E-state index contributed by atoms with van der Waals surface area (Å²) in [6.45, 7) is 8.04. The Balaban J connectivity index is 2.61. The van der Waals surface area contributed by atoms with Gasteiger partial charge in [-0.2, -0.15) is 4.98 Å². The Morgan fingerprint density at radius 1 is 1.44 bits per heavy atom. The summed E-state index contributed by atoms with van der Waals surface area (Å²) in [5, 5.41) is 3.78. The zero-order chi connectivity index (χ0) is 12.1. The van der Waals surface area contributed by atoms with Gasteiger partial charge in [-0.05, 0) is 13.8 Å². The molecule has 0 saturated carbocycles. The first kappa shape index (κ1) is 12.8. The molecule has 1 aromatic heterocycles. The molecule has 0 aliphatic rings. The molecule has 1 atom stereocenters. The van der Waals surface area contributed by atoms with E-state index in [-0.39, 0.29) is 24.2 Å². The lowest BCUT2D eigenvalue weighted by Gasteiger charge is -2.04. The van der Waals surface area contributed by atoms with Crippen molar-refractivity contribution in [3.05, 3.63) is 11.7 Å². The lowest BCUT2D eigenvalue weighted by atomic mass is 10.1. The van der Waals surface area contributed by atoms with E-state index in [0.29, 0.717) is 18.3 Å². The SMILES string of the molecule is CCOC(C)c1noc(CC(=O)C(C)C)n1. The molecule has 1 unspecified atom stereocenters. The third kappa shape index (κ3) is 3.41. The van der Waals surface area contributed by atoms with Gasteiger partial charge in [0.2, 0.25) is 5.89 Å².